The van der Waals surface area contributed by atoms with Gasteiger partial charge >= 0.3 is 0 Å². The fourth-order valence-electron chi connectivity index (χ4n) is 2.67. The highest BCUT2D eigenvalue weighted by Crippen LogP contribution is 2.28. The number of imidazole rings is 1. The number of halogens is 3. The Kier molecular flexibility index (Phi) is 4.42. The number of aryl methyl sites for hydroxylation is 1. The zero-order valence-electron chi connectivity index (χ0n) is 12.0. The first kappa shape index (κ1) is 15.4. The number of hydrogen-bond donors (Lipinski definition) is 1. The molecule has 2 nitrogen and oxygen atoms in total. The van der Waals surface area contributed by atoms with Gasteiger partial charge in [-0.15, -0.1) is 0 Å². The van der Waals surface area contributed by atoms with E-state index in [-0.39, 0.29) is 5.92 Å². The summed E-state index contributed by atoms with van der Waals surface area (Å²) in [5.74, 6) is -0.767. The molecule has 1 aromatic heterocycles. The SMILES string of the molecule is CC(CCc1ccc(F)cc1F)c1cccc2[nH]c(I)nc12. The van der Waals surface area contributed by atoms with Crippen LogP contribution >= 0.6 is 22.6 Å². The molecule has 0 spiro atoms. The molecule has 1 atom stereocenters. The van der Waals surface area contributed by atoms with Crippen LogP contribution < -0.4 is 0 Å². The lowest BCUT2D eigenvalue weighted by Crippen LogP contribution is -1.99. The molecular weight excluding hydrogens is 397 g/mol. The van der Waals surface area contributed by atoms with Crippen molar-refractivity contribution in [2.45, 2.75) is 25.7 Å². The molecule has 0 amide bonds. The third-order valence-electron chi connectivity index (χ3n) is 3.91. The molecule has 5 heteroatoms. The van der Waals surface area contributed by atoms with Gasteiger partial charge in [0, 0.05) is 6.07 Å². The first-order valence-corrected chi connectivity index (χ1v) is 8.20. The van der Waals surface area contributed by atoms with E-state index in [9.17, 15) is 8.78 Å². The number of nitrogens with zero attached hydrogens (tertiary/aromatic N) is 1. The summed E-state index contributed by atoms with van der Waals surface area (Å²) in [6.45, 7) is 2.11. The normalized spacial score (nSPS) is 12.7. The third-order valence-corrected chi connectivity index (χ3v) is 4.42. The van der Waals surface area contributed by atoms with Gasteiger partial charge in [-0.25, -0.2) is 13.8 Å². The highest BCUT2D eigenvalue weighted by Gasteiger charge is 2.13. The second kappa shape index (κ2) is 6.32. The van der Waals surface area contributed by atoms with Crippen molar-refractivity contribution in [2.75, 3.05) is 0 Å². The second-order valence-corrected chi connectivity index (χ2v) is 6.47. The minimum absolute atomic E-state index is 0.243. The van der Waals surface area contributed by atoms with Crippen molar-refractivity contribution in [1.29, 1.82) is 0 Å². The predicted molar refractivity (Wildman–Crippen MR) is 91.9 cm³/mol. The van der Waals surface area contributed by atoms with Crippen molar-refractivity contribution >= 4 is 33.6 Å². The Bertz CT molecular complexity index is 814. The minimum atomic E-state index is -0.537. The van der Waals surface area contributed by atoms with Crippen LogP contribution in [-0.2, 0) is 6.42 Å². The molecule has 0 aliphatic heterocycles. The van der Waals surface area contributed by atoms with Crippen LogP contribution in [0.3, 0.4) is 0 Å². The van der Waals surface area contributed by atoms with Crippen LogP contribution in [-0.4, -0.2) is 9.97 Å². The van der Waals surface area contributed by atoms with Gasteiger partial charge in [0.1, 0.15) is 11.6 Å². The van der Waals surface area contributed by atoms with Gasteiger partial charge in [-0.3, -0.25) is 0 Å². The van der Waals surface area contributed by atoms with Crippen LogP contribution in [0.2, 0.25) is 0 Å². The van der Waals surface area contributed by atoms with Crippen molar-refractivity contribution in [3.63, 3.8) is 0 Å². The van der Waals surface area contributed by atoms with E-state index in [0.717, 1.165) is 32.9 Å². The lowest BCUT2D eigenvalue weighted by atomic mass is 9.93. The number of nitrogens with one attached hydrogen (secondary N) is 1. The molecule has 0 aliphatic carbocycles. The van der Waals surface area contributed by atoms with Gasteiger partial charge in [-0.1, -0.05) is 25.1 Å². The third kappa shape index (κ3) is 3.14. The van der Waals surface area contributed by atoms with Gasteiger partial charge in [0.2, 0.25) is 0 Å². The van der Waals surface area contributed by atoms with Gasteiger partial charge in [0.05, 0.1) is 11.0 Å². The van der Waals surface area contributed by atoms with E-state index in [1.165, 1.54) is 12.1 Å². The Morgan fingerprint density at radius 3 is 2.82 bits per heavy atom. The lowest BCUT2D eigenvalue weighted by molar-refractivity contribution is 0.564. The smallest absolute Gasteiger partial charge is 0.169 e. The largest absolute Gasteiger partial charge is 0.333 e. The average molecular weight is 412 g/mol. The van der Waals surface area contributed by atoms with Crippen molar-refractivity contribution in [2.24, 2.45) is 0 Å². The lowest BCUT2D eigenvalue weighted by Gasteiger charge is -2.13. The van der Waals surface area contributed by atoms with Crippen molar-refractivity contribution in [3.8, 4) is 0 Å². The topological polar surface area (TPSA) is 28.7 Å². The second-order valence-electron chi connectivity index (χ2n) is 5.45. The Hall–Kier alpha value is -1.50. The number of fused-ring (bicyclic) bond motifs is 1. The zero-order valence-corrected chi connectivity index (χ0v) is 14.2. The van der Waals surface area contributed by atoms with Gasteiger partial charge in [-0.05, 0) is 64.6 Å². The summed E-state index contributed by atoms with van der Waals surface area (Å²) in [6.07, 6.45) is 1.36. The maximum Gasteiger partial charge on any atom is 0.169 e. The van der Waals surface area contributed by atoms with E-state index in [4.69, 9.17) is 0 Å². The van der Waals surface area contributed by atoms with E-state index < -0.39 is 11.6 Å². The van der Waals surface area contributed by atoms with Gasteiger partial charge in [0.25, 0.3) is 0 Å². The minimum Gasteiger partial charge on any atom is -0.333 e. The fourth-order valence-corrected chi connectivity index (χ4v) is 3.21. The van der Waals surface area contributed by atoms with E-state index >= 15 is 0 Å². The molecule has 0 fully saturated rings. The Balaban J connectivity index is 1.80. The van der Waals surface area contributed by atoms with Gasteiger partial charge in [0.15, 0.2) is 3.83 Å². The quantitative estimate of drug-likeness (QED) is 0.588. The van der Waals surface area contributed by atoms with Gasteiger partial charge in [-0.2, -0.15) is 0 Å². The summed E-state index contributed by atoms with van der Waals surface area (Å²) in [5, 5.41) is 0. The maximum absolute atomic E-state index is 13.7. The van der Waals surface area contributed by atoms with Crippen LogP contribution in [0.1, 0.15) is 30.4 Å². The molecule has 0 bridgehead atoms. The predicted octanol–water partition coefficient (Wildman–Crippen LogP) is 5.18. The summed E-state index contributed by atoms with van der Waals surface area (Å²) >= 11 is 2.16. The highest BCUT2D eigenvalue weighted by atomic mass is 127. The molecule has 0 aliphatic rings. The molecule has 0 saturated heterocycles. The molecule has 22 heavy (non-hydrogen) atoms. The standard InChI is InChI=1S/C17H15F2IN2/c1-10(5-6-11-7-8-12(18)9-14(11)19)13-3-2-4-15-16(13)22-17(20)21-15/h2-4,7-10H,5-6H2,1H3,(H,21,22). The zero-order chi connectivity index (χ0) is 15.7. The molecule has 0 radical (unpaired) electrons. The molecule has 2 aromatic carbocycles. The van der Waals surface area contributed by atoms with E-state index in [2.05, 4.69) is 45.5 Å². The monoisotopic (exact) mass is 412 g/mol. The Labute approximate surface area is 141 Å². The summed E-state index contributed by atoms with van der Waals surface area (Å²) in [4.78, 5) is 7.74. The molecule has 1 unspecified atom stereocenters. The fraction of sp³-hybridized carbons (Fsp3) is 0.235. The summed E-state index contributed by atoms with van der Waals surface area (Å²) in [5.41, 5.74) is 3.69. The highest BCUT2D eigenvalue weighted by molar-refractivity contribution is 14.1. The molecule has 0 saturated carbocycles. The molecule has 3 rings (SSSR count). The Morgan fingerprint density at radius 1 is 1.23 bits per heavy atom. The number of hydrogen-bond acceptors (Lipinski definition) is 1. The number of para-hydroxylation sites is 1. The van der Waals surface area contributed by atoms with Crippen LogP contribution in [0.15, 0.2) is 36.4 Å². The average Bonchev–Trinajstić information content (AvgIpc) is 2.86. The van der Waals surface area contributed by atoms with Crippen molar-refractivity contribution < 1.29 is 8.78 Å². The van der Waals surface area contributed by atoms with Crippen LogP contribution in [0, 0.1) is 15.5 Å². The molecule has 1 heterocycles. The van der Waals surface area contributed by atoms with E-state index in [0.29, 0.717) is 12.0 Å². The van der Waals surface area contributed by atoms with Crippen LogP contribution in [0.25, 0.3) is 11.0 Å². The molecule has 114 valence electrons. The molecule has 3 aromatic rings. The van der Waals surface area contributed by atoms with Crippen LogP contribution in [0.4, 0.5) is 8.78 Å². The van der Waals surface area contributed by atoms with Crippen LogP contribution in [0.5, 0.6) is 0 Å². The number of aromatic amines is 1. The number of aromatic nitrogens is 2. The van der Waals surface area contributed by atoms with E-state index in [1.807, 2.05) is 12.1 Å². The van der Waals surface area contributed by atoms with Crippen molar-refractivity contribution in [1.82, 2.24) is 9.97 Å². The summed E-state index contributed by atoms with van der Waals surface area (Å²) in [6, 6.07) is 9.83. The first-order valence-electron chi connectivity index (χ1n) is 7.12. The summed E-state index contributed by atoms with van der Waals surface area (Å²) < 4.78 is 27.5. The number of benzene rings is 2. The Morgan fingerprint density at radius 2 is 2.05 bits per heavy atom. The van der Waals surface area contributed by atoms with E-state index in [1.54, 1.807) is 0 Å². The number of H-pyrrole nitrogens is 1. The molecular formula is C17H15F2IN2. The van der Waals surface area contributed by atoms with Crippen molar-refractivity contribution in [3.05, 3.63) is 63.0 Å². The maximum atomic E-state index is 13.7. The summed E-state index contributed by atoms with van der Waals surface area (Å²) in [7, 11) is 0. The molecule has 1 N–H and O–H groups in total. The first-order chi connectivity index (χ1) is 10.5. The number of rotatable bonds is 4. The van der Waals surface area contributed by atoms with Gasteiger partial charge < -0.3 is 4.98 Å².